The summed E-state index contributed by atoms with van der Waals surface area (Å²) in [7, 11) is -6.81. The second-order valence-electron chi connectivity index (χ2n) is 6.58. The van der Waals surface area contributed by atoms with Crippen LogP contribution in [0, 0.1) is 6.92 Å². The fourth-order valence-electron chi connectivity index (χ4n) is 3.15. The van der Waals surface area contributed by atoms with E-state index in [4.69, 9.17) is 0 Å². The van der Waals surface area contributed by atoms with Crippen LogP contribution in [0.1, 0.15) is 44.6 Å². The predicted octanol–water partition coefficient (Wildman–Crippen LogP) is 2.26. The Hall–Kier alpha value is -0.960. The zero-order chi connectivity index (χ0) is 18.5. The lowest BCUT2D eigenvalue weighted by Gasteiger charge is -2.34. The quantitative estimate of drug-likeness (QED) is 0.740. The monoisotopic (exact) mass is 388 g/mol. The average Bonchev–Trinajstić information content (AvgIpc) is 2.55. The highest BCUT2D eigenvalue weighted by atomic mass is 32.2. The molecule has 0 amide bonds. The maximum atomic E-state index is 13.0. The normalized spacial score (nSPS) is 19.8. The average molecular weight is 389 g/mol. The van der Waals surface area contributed by atoms with Gasteiger partial charge in [0.05, 0.1) is 10.6 Å². The summed E-state index contributed by atoms with van der Waals surface area (Å²) in [5.74, 6) is 0.100. The molecule has 25 heavy (non-hydrogen) atoms. The first-order valence-electron chi connectivity index (χ1n) is 8.82. The minimum atomic E-state index is -3.55. The summed E-state index contributed by atoms with van der Waals surface area (Å²) in [6, 6.07) is 6.71. The number of nitrogens with one attached hydrogen (secondary N) is 1. The standard InChI is InChI=1S/C17H28N2O4S2/c1-3-14-24(20,21)18-12-11-16-6-4-5-13-19(16)25(22,23)17-9-7-15(2)8-10-17/h7-10,16,18H,3-6,11-14H2,1-2H3. The molecule has 1 aliphatic heterocycles. The first-order chi connectivity index (χ1) is 11.8. The van der Waals surface area contributed by atoms with Gasteiger partial charge in [-0.25, -0.2) is 21.6 Å². The third-order valence-electron chi connectivity index (χ3n) is 4.47. The summed E-state index contributed by atoms with van der Waals surface area (Å²) < 4.78 is 53.6. The van der Waals surface area contributed by atoms with E-state index in [0.717, 1.165) is 24.8 Å². The van der Waals surface area contributed by atoms with Gasteiger partial charge in [-0.2, -0.15) is 4.31 Å². The zero-order valence-electron chi connectivity index (χ0n) is 14.9. The Balaban J connectivity index is 2.08. The summed E-state index contributed by atoms with van der Waals surface area (Å²) >= 11 is 0. The van der Waals surface area contributed by atoms with E-state index in [9.17, 15) is 16.8 Å². The molecule has 0 radical (unpaired) electrons. The first-order valence-corrected chi connectivity index (χ1v) is 11.9. The second kappa shape index (κ2) is 8.62. The lowest BCUT2D eigenvalue weighted by molar-refractivity contribution is 0.242. The van der Waals surface area contributed by atoms with Crippen LogP contribution in [-0.2, 0) is 20.0 Å². The van der Waals surface area contributed by atoms with Gasteiger partial charge in [-0.3, -0.25) is 0 Å². The van der Waals surface area contributed by atoms with Crippen molar-refractivity contribution in [3.8, 4) is 0 Å². The Kier molecular flexibility index (Phi) is 7.01. The molecule has 1 aromatic carbocycles. The van der Waals surface area contributed by atoms with Crippen LogP contribution in [0.4, 0.5) is 0 Å². The molecular weight excluding hydrogens is 360 g/mol. The molecule has 0 aromatic heterocycles. The van der Waals surface area contributed by atoms with Crippen molar-refractivity contribution >= 4 is 20.0 Å². The van der Waals surface area contributed by atoms with E-state index in [1.54, 1.807) is 28.6 Å². The van der Waals surface area contributed by atoms with Gasteiger partial charge in [0.15, 0.2) is 0 Å². The molecule has 1 atom stereocenters. The van der Waals surface area contributed by atoms with Crippen LogP contribution in [0.15, 0.2) is 29.2 Å². The molecule has 1 N–H and O–H groups in total. The SMILES string of the molecule is CCCS(=O)(=O)NCCC1CCCCN1S(=O)(=O)c1ccc(C)cc1. The van der Waals surface area contributed by atoms with Gasteiger partial charge < -0.3 is 0 Å². The van der Waals surface area contributed by atoms with Crippen molar-refractivity contribution in [1.29, 1.82) is 0 Å². The molecule has 1 heterocycles. The highest BCUT2D eigenvalue weighted by Crippen LogP contribution is 2.27. The van der Waals surface area contributed by atoms with E-state index >= 15 is 0 Å². The third-order valence-corrected chi connectivity index (χ3v) is 8.03. The van der Waals surface area contributed by atoms with E-state index in [1.807, 2.05) is 13.8 Å². The fourth-order valence-corrected chi connectivity index (χ4v) is 5.98. The van der Waals surface area contributed by atoms with E-state index in [2.05, 4.69) is 4.72 Å². The first kappa shape index (κ1) is 20.4. The van der Waals surface area contributed by atoms with Crippen LogP contribution in [0.3, 0.4) is 0 Å². The van der Waals surface area contributed by atoms with E-state index in [-0.39, 0.29) is 18.3 Å². The maximum absolute atomic E-state index is 13.0. The van der Waals surface area contributed by atoms with E-state index < -0.39 is 20.0 Å². The predicted molar refractivity (Wildman–Crippen MR) is 99.4 cm³/mol. The van der Waals surface area contributed by atoms with Gasteiger partial charge in [-0.1, -0.05) is 31.0 Å². The molecule has 1 fully saturated rings. The lowest BCUT2D eigenvalue weighted by atomic mass is 10.0. The summed E-state index contributed by atoms with van der Waals surface area (Å²) in [4.78, 5) is 0.302. The lowest BCUT2D eigenvalue weighted by Crippen LogP contribution is -2.45. The number of hydrogen-bond acceptors (Lipinski definition) is 4. The second-order valence-corrected chi connectivity index (χ2v) is 10.4. The van der Waals surface area contributed by atoms with Gasteiger partial charge in [0.2, 0.25) is 20.0 Å². The van der Waals surface area contributed by atoms with Crippen LogP contribution in [0.25, 0.3) is 0 Å². The smallest absolute Gasteiger partial charge is 0.215 e. The highest BCUT2D eigenvalue weighted by Gasteiger charge is 2.33. The molecule has 1 unspecified atom stereocenters. The summed E-state index contributed by atoms with van der Waals surface area (Å²) in [5, 5.41) is 0. The van der Waals surface area contributed by atoms with Crippen LogP contribution >= 0.6 is 0 Å². The van der Waals surface area contributed by atoms with Gasteiger partial charge >= 0.3 is 0 Å². The van der Waals surface area contributed by atoms with Crippen molar-refractivity contribution in [3.63, 3.8) is 0 Å². The van der Waals surface area contributed by atoms with Gasteiger partial charge in [0.1, 0.15) is 0 Å². The molecular formula is C17H28N2O4S2. The number of aryl methyl sites for hydroxylation is 1. The molecule has 0 aliphatic carbocycles. The molecule has 0 spiro atoms. The van der Waals surface area contributed by atoms with Crippen molar-refractivity contribution in [2.75, 3.05) is 18.8 Å². The molecule has 0 saturated carbocycles. The summed E-state index contributed by atoms with van der Waals surface area (Å²) in [6.45, 7) is 4.49. The molecule has 142 valence electrons. The number of piperidine rings is 1. The van der Waals surface area contributed by atoms with Crippen molar-refractivity contribution < 1.29 is 16.8 Å². The zero-order valence-corrected chi connectivity index (χ0v) is 16.6. The van der Waals surface area contributed by atoms with Gasteiger partial charge in [-0.05, 0) is 44.7 Å². The number of nitrogens with zero attached hydrogens (tertiary/aromatic N) is 1. The Bertz CT molecular complexity index is 758. The minimum absolute atomic E-state index is 0.100. The summed E-state index contributed by atoms with van der Waals surface area (Å²) in [6.07, 6.45) is 3.62. The molecule has 8 heteroatoms. The molecule has 2 rings (SSSR count). The molecule has 1 saturated heterocycles. The van der Waals surface area contributed by atoms with Gasteiger partial charge in [-0.15, -0.1) is 0 Å². The minimum Gasteiger partial charge on any atom is -0.215 e. The Morgan fingerprint density at radius 3 is 2.44 bits per heavy atom. The van der Waals surface area contributed by atoms with Crippen molar-refractivity contribution in [2.45, 2.75) is 56.9 Å². The fraction of sp³-hybridized carbons (Fsp3) is 0.647. The maximum Gasteiger partial charge on any atom is 0.243 e. The summed E-state index contributed by atoms with van der Waals surface area (Å²) in [5.41, 5.74) is 1.01. The largest absolute Gasteiger partial charge is 0.243 e. The van der Waals surface area contributed by atoms with Crippen LogP contribution in [0.2, 0.25) is 0 Å². The number of rotatable bonds is 8. The van der Waals surface area contributed by atoms with Crippen molar-refractivity contribution in [2.24, 2.45) is 0 Å². The molecule has 1 aliphatic rings. The molecule has 6 nitrogen and oxygen atoms in total. The third kappa shape index (κ3) is 5.51. The van der Waals surface area contributed by atoms with Crippen molar-refractivity contribution in [3.05, 3.63) is 29.8 Å². The van der Waals surface area contributed by atoms with Gasteiger partial charge in [0.25, 0.3) is 0 Å². The topological polar surface area (TPSA) is 83.6 Å². The van der Waals surface area contributed by atoms with Crippen molar-refractivity contribution in [1.82, 2.24) is 9.03 Å². The molecule has 1 aromatic rings. The van der Waals surface area contributed by atoms with Crippen LogP contribution < -0.4 is 4.72 Å². The van der Waals surface area contributed by atoms with Crippen LogP contribution in [-0.4, -0.2) is 46.0 Å². The Morgan fingerprint density at radius 2 is 1.80 bits per heavy atom. The highest BCUT2D eigenvalue weighted by molar-refractivity contribution is 7.89. The number of hydrogen-bond donors (Lipinski definition) is 1. The van der Waals surface area contributed by atoms with E-state index in [1.165, 1.54) is 0 Å². The van der Waals surface area contributed by atoms with E-state index in [0.29, 0.717) is 24.3 Å². The number of sulfonamides is 2. The van der Waals surface area contributed by atoms with Crippen LogP contribution in [0.5, 0.6) is 0 Å². The Labute approximate surface area is 151 Å². The Morgan fingerprint density at radius 1 is 1.12 bits per heavy atom. The number of benzene rings is 1. The molecule has 0 bridgehead atoms. The van der Waals surface area contributed by atoms with Gasteiger partial charge in [0, 0.05) is 19.1 Å².